The van der Waals surface area contributed by atoms with Crippen molar-refractivity contribution in [3.8, 4) is 11.1 Å². The van der Waals surface area contributed by atoms with Gasteiger partial charge in [-0.1, -0.05) is 84.9 Å². The molecule has 2 aliphatic rings. The standard InChI is InChI=1S/C26H20/c1-3-11-20-18(8-1)15-16-24-25(20)21-12-4-6-14-23(21)26(24)17-7-10-19-9-2-5-13-22(19)26/h1-6,8-9,11-16H,7,10,17H2. The van der Waals surface area contributed by atoms with Gasteiger partial charge in [0, 0.05) is 5.41 Å². The van der Waals surface area contributed by atoms with Crippen LogP contribution in [0, 0.1) is 0 Å². The Balaban J connectivity index is 1.81. The lowest BCUT2D eigenvalue weighted by Gasteiger charge is -2.38. The predicted octanol–water partition coefficient (Wildman–Crippen LogP) is 6.49. The largest absolute Gasteiger partial charge is 0.0620 e. The lowest BCUT2D eigenvalue weighted by Crippen LogP contribution is -2.31. The summed E-state index contributed by atoms with van der Waals surface area (Å²) in [4.78, 5) is 0. The van der Waals surface area contributed by atoms with Gasteiger partial charge in [-0.15, -0.1) is 0 Å². The highest BCUT2D eigenvalue weighted by molar-refractivity contribution is 6.03. The molecule has 4 aromatic carbocycles. The minimum absolute atomic E-state index is 0.0187. The SMILES string of the molecule is c1ccc2c(c1)CCCC21c2ccccc2-c2c1ccc1ccccc21. The number of hydrogen-bond acceptors (Lipinski definition) is 0. The smallest absolute Gasteiger partial charge is 0.0466 e. The van der Waals surface area contributed by atoms with Gasteiger partial charge in [-0.3, -0.25) is 0 Å². The number of rotatable bonds is 0. The first-order valence-electron chi connectivity index (χ1n) is 9.60. The fourth-order valence-corrected chi connectivity index (χ4v) is 5.53. The molecule has 0 N–H and O–H groups in total. The van der Waals surface area contributed by atoms with E-state index in [0.717, 1.165) is 0 Å². The van der Waals surface area contributed by atoms with E-state index in [9.17, 15) is 0 Å². The van der Waals surface area contributed by atoms with Crippen molar-refractivity contribution in [3.63, 3.8) is 0 Å². The lowest BCUT2D eigenvalue weighted by atomic mass is 9.64. The molecule has 124 valence electrons. The van der Waals surface area contributed by atoms with Gasteiger partial charge in [0.1, 0.15) is 0 Å². The Morgan fingerprint density at radius 2 is 1.38 bits per heavy atom. The summed E-state index contributed by atoms with van der Waals surface area (Å²) in [6, 6.07) is 31.8. The molecule has 0 heteroatoms. The van der Waals surface area contributed by atoms with E-state index in [2.05, 4.69) is 84.9 Å². The van der Waals surface area contributed by atoms with Crippen molar-refractivity contribution in [2.24, 2.45) is 0 Å². The number of hydrogen-bond donors (Lipinski definition) is 0. The highest BCUT2D eigenvalue weighted by Gasteiger charge is 2.46. The summed E-state index contributed by atoms with van der Waals surface area (Å²) >= 11 is 0. The molecule has 2 aliphatic carbocycles. The molecule has 0 radical (unpaired) electrons. The van der Waals surface area contributed by atoms with Crippen LogP contribution >= 0.6 is 0 Å². The van der Waals surface area contributed by atoms with Crippen LogP contribution < -0.4 is 0 Å². The molecule has 0 amide bonds. The van der Waals surface area contributed by atoms with Crippen LogP contribution in [0.1, 0.15) is 35.1 Å². The zero-order valence-corrected chi connectivity index (χ0v) is 14.7. The molecule has 0 aromatic heterocycles. The Kier molecular flexibility index (Phi) is 2.80. The first-order valence-corrected chi connectivity index (χ1v) is 9.60. The molecule has 6 rings (SSSR count). The number of aryl methyl sites for hydroxylation is 1. The molecule has 26 heavy (non-hydrogen) atoms. The van der Waals surface area contributed by atoms with Crippen molar-refractivity contribution in [2.75, 3.05) is 0 Å². The van der Waals surface area contributed by atoms with E-state index >= 15 is 0 Å². The highest BCUT2D eigenvalue weighted by atomic mass is 14.5. The second-order valence-electron chi connectivity index (χ2n) is 7.67. The van der Waals surface area contributed by atoms with Crippen LogP contribution in [0.3, 0.4) is 0 Å². The van der Waals surface area contributed by atoms with Crippen LogP contribution in [0.15, 0.2) is 84.9 Å². The van der Waals surface area contributed by atoms with E-state index in [1.807, 2.05) is 0 Å². The Morgan fingerprint density at radius 3 is 2.35 bits per heavy atom. The Hall–Kier alpha value is -2.86. The van der Waals surface area contributed by atoms with Gasteiger partial charge in [0.2, 0.25) is 0 Å². The molecule has 0 fully saturated rings. The Labute approximate surface area is 154 Å². The van der Waals surface area contributed by atoms with Crippen LogP contribution in [-0.4, -0.2) is 0 Å². The normalized spacial score (nSPS) is 20.0. The highest BCUT2D eigenvalue weighted by Crippen LogP contribution is 2.58. The van der Waals surface area contributed by atoms with Gasteiger partial charge in [-0.25, -0.2) is 0 Å². The van der Waals surface area contributed by atoms with Crippen LogP contribution in [-0.2, 0) is 11.8 Å². The summed E-state index contributed by atoms with van der Waals surface area (Å²) in [5, 5.41) is 2.72. The fourth-order valence-electron chi connectivity index (χ4n) is 5.53. The van der Waals surface area contributed by atoms with Gasteiger partial charge in [-0.05, 0) is 63.4 Å². The minimum atomic E-state index is 0.0187. The predicted molar refractivity (Wildman–Crippen MR) is 109 cm³/mol. The molecular formula is C26H20. The van der Waals surface area contributed by atoms with Gasteiger partial charge in [-0.2, -0.15) is 0 Å². The Morgan fingerprint density at radius 1 is 0.615 bits per heavy atom. The minimum Gasteiger partial charge on any atom is -0.0620 e. The Bertz CT molecular complexity index is 1170. The molecule has 0 bridgehead atoms. The second-order valence-corrected chi connectivity index (χ2v) is 7.67. The van der Waals surface area contributed by atoms with E-state index < -0.39 is 0 Å². The average molecular weight is 332 g/mol. The topological polar surface area (TPSA) is 0 Å². The molecule has 4 aromatic rings. The average Bonchev–Trinajstić information content (AvgIpc) is 3.00. The van der Waals surface area contributed by atoms with Crippen LogP contribution in [0.2, 0.25) is 0 Å². The molecule has 0 saturated carbocycles. The van der Waals surface area contributed by atoms with E-state index in [-0.39, 0.29) is 5.41 Å². The van der Waals surface area contributed by atoms with E-state index in [0.29, 0.717) is 0 Å². The zero-order valence-electron chi connectivity index (χ0n) is 14.7. The summed E-state index contributed by atoms with van der Waals surface area (Å²) in [7, 11) is 0. The van der Waals surface area contributed by atoms with Crippen molar-refractivity contribution in [3.05, 3.63) is 107 Å². The van der Waals surface area contributed by atoms with Crippen molar-refractivity contribution in [1.82, 2.24) is 0 Å². The first kappa shape index (κ1) is 14.3. The molecule has 1 spiro atoms. The monoisotopic (exact) mass is 332 g/mol. The van der Waals surface area contributed by atoms with Crippen LogP contribution in [0.4, 0.5) is 0 Å². The van der Waals surface area contributed by atoms with Gasteiger partial charge in [0.25, 0.3) is 0 Å². The van der Waals surface area contributed by atoms with Gasteiger partial charge < -0.3 is 0 Å². The molecular weight excluding hydrogens is 312 g/mol. The number of benzene rings is 4. The first-order chi connectivity index (χ1) is 12.9. The van der Waals surface area contributed by atoms with E-state index in [1.165, 1.54) is 63.4 Å². The second kappa shape index (κ2) is 5.08. The third-order valence-electron chi connectivity index (χ3n) is 6.52. The third-order valence-corrected chi connectivity index (χ3v) is 6.52. The quantitative estimate of drug-likeness (QED) is 0.345. The maximum absolute atomic E-state index is 2.40. The summed E-state index contributed by atoms with van der Waals surface area (Å²) in [5.41, 5.74) is 8.95. The molecule has 1 atom stereocenters. The maximum Gasteiger partial charge on any atom is 0.0466 e. The summed E-state index contributed by atoms with van der Waals surface area (Å²) in [6.07, 6.45) is 3.65. The van der Waals surface area contributed by atoms with Crippen molar-refractivity contribution >= 4 is 10.8 Å². The van der Waals surface area contributed by atoms with Crippen LogP contribution in [0.5, 0.6) is 0 Å². The van der Waals surface area contributed by atoms with Gasteiger partial charge >= 0.3 is 0 Å². The third kappa shape index (κ3) is 1.65. The van der Waals surface area contributed by atoms with Crippen molar-refractivity contribution in [1.29, 1.82) is 0 Å². The van der Waals surface area contributed by atoms with Crippen LogP contribution in [0.25, 0.3) is 21.9 Å². The molecule has 0 aliphatic heterocycles. The summed E-state index contributed by atoms with van der Waals surface area (Å²) in [5.74, 6) is 0. The number of fused-ring (bicyclic) bond motifs is 9. The van der Waals surface area contributed by atoms with Crippen molar-refractivity contribution in [2.45, 2.75) is 24.7 Å². The zero-order chi connectivity index (χ0) is 17.1. The lowest BCUT2D eigenvalue weighted by molar-refractivity contribution is 0.508. The summed E-state index contributed by atoms with van der Waals surface area (Å²) in [6.45, 7) is 0. The molecule has 0 nitrogen and oxygen atoms in total. The fraction of sp³-hybridized carbons (Fsp3) is 0.154. The van der Waals surface area contributed by atoms with E-state index in [4.69, 9.17) is 0 Å². The van der Waals surface area contributed by atoms with Gasteiger partial charge in [0.15, 0.2) is 0 Å². The maximum atomic E-state index is 2.40. The molecule has 0 heterocycles. The van der Waals surface area contributed by atoms with Crippen molar-refractivity contribution < 1.29 is 0 Å². The van der Waals surface area contributed by atoms with Gasteiger partial charge in [0.05, 0.1) is 0 Å². The van der Waals surface area contributed by atoms with E-state index in [1.54, 1.807) is 0 Å². The molecule has 0 saturated heterocycles. The summed E-state index contributed by atoms with van der Waals surface area (Å²) < 4.78 is 0. The molecule has 1 unspecified atom stereocenters.